The van der Waals surface area contributed by atoms with Crippen molar-refractivity contribution in [3.63, 3.8) is 0 Å². The molecule has 1 atom stereocenters. The molecule has 0 bridgehead atoms. The zero-order chi connectivity index (χ0) is 31.6. The molecule has 226 valence electrons. The van der Waals surface area contributed by atoms with E-state index in [-0.39, 0.29) is 24.2 Å². The molecule has 9 heteroatoms. The number of carbonyl (C=O) groups is 2. The van der Waals surface area contributed by atoms with E-state index in [2.05, 4.69) is 39.6 Å². The number of likely N-dealkylation sites (N-methyl/N-ethyl adjacent to an activating group) is 1. The fraction of sp³-hybridized carbons (Fsp3) is 0.229. The van der Waals surface area contributed by atoms with Gasteiger partial charge in [0.1, 0.15) is 0 Å². The number of carboxylic acid groups (broad SMARTS) is 1. The highest BCUT2D eigenvalue weighted by atomic mass is 35.5. The summed E-state index contributed by atoms with van der Waals surface area (Å²) in [5, 5.41) is 25.5. The van der Waals surface area contributed by atoms with E-state index in [4.69, 9.17) is 28.3 Å². The number of nitrogens with one attached hydrogen (secondary N) is 1. The van der Waals surface area contributed by atoms with Crippen molar-refractivity contribution in [1.29, 1.82) is 5.26 Å². The van der Waals surface area contributed by atoms with E-state index in [0.29, 0.717) is 35.7 Å². The van der Waals surface area contributed by atoms with Crippen LogP contribution < -0.4 is 5.32 Å². The molecule has 3 aromatic carbocycles. The molecule has 7 nitrogen and oxygen atoms in total. The van der Waals surface area contributed by atoms with Gasteiger partial charge in [0.25, 0.3) is 5.91 Å². The number of alkyl halides is 1. The second-order valence-corrected chi connectivity index (χ2v) is 11.5. The Labute approximate surface area is 268 Å². The maximum Gasteiger partial charge on any atom is 0.305 e. The standard InChI is InChI=1S/C35H34Cl2N4O3/c1-3-33(30-6-4-5-29(19-30)27-11-7-24(21-38)8-12-27)41(40(2)22-26-17-31(36)20-32(37)18-26)23-25-9-13-28(14-10-25)35(44)39-16-15-34(42)43/h3-14,17,19-20,32H,15-16,18,22-23H2,1-2H3,(H,39,44)(H,42,43)/b33-3-. The van der Waals surface area contributed by atoms with E-state index in [1.165, 1.54) is 0 Å². The first-order valence-corrected chi connectivity index (χ1v) is 15.0. The lowest BCUT2D eigenvalue weighted by Crippen LogP contribution is -2.39. The number of benzene rings is 3. The van der Waals surface area contributed by atoms with E-state index < -0.39 is 5.97 Å². The van der Waals surface area contributed by atoms with Crippen molar-refractivity contribution in [2.45, 2.75) is 31.7 Å². The summed E-state index contributed by atoms with van der Waals surface area (Å²) in [5.74, 6) is -1.28. The number of hydrogen-bond acceptors (Lipinski definition) is 5. The Bertz CT molecular complexity index is 1620. The smallest absolute Gasteiger partial charge is 0.305 e. The van der Waals surface area contributed by atoms with Crippen LogP contribution in [0.15, 0.2) is 102 Å². The van der Waals surface area contributed by atoms with Gasteiger partial charge in [-0.05, 0) is 78.1 Å². The van der Waals surface area contributed by atoms with Crippen LogP contribution in [0.5, 0.6) is 0 Å². The van der Waals surface area contributed by atoms with Gasteiger partial charge in [-0.3, -0.25) is 9.59 Å². The summed E-state index contributed by atoms with van der Waals surface area (Å²) in [7, 11) is 2.02. The van der Waals surface area contributed by atoms with Gasteiger partial charge in [-0.15, -0.1) is 11.6 Å². The van der Waals surface area contributed by atoms with E-state index in [1.54, 1.807) is 12.1 Å². The number of allylic oxidation sites excluding steroid dienone is 4. The first-order valence-electron chi connectivity index (χ1n) is 14.2. The van der Waals surface area contributed by atoms with Crippen molar-refractivity contribution in [2.75, 3.05) is 20.1 Å². The van der Waals surface area contributed by atoms with Crippen molar-refractivity contribution >= 4 is 40.8 Å². The fourth-order valence-electron chi connectivity index (χ4n) is 5.04. The van der Waals surface area contributed by atoms with Gasteiger partial charge in [-0.25, -0.2) is 5.01 Å². The molecule has 0 aromatic heterocycles. The van der Waals surface area contributed by atoms with Crippen LogP contribution in [0, 0.1) is 11.3 Å². The number of hydrogen-bond donors (Lipinski definition) is 2. The fourth-order valence-corrected chi connectivity index (χ4v) is 5.75. The van der Waals surface area contributed by atoms with Crippen LogP contribution in [-0.2, 0) is 11.3 Å². The topological polar surface area (TPSA) is 96.7 Å². The Kier molecular flexibility index (Phi) is 11.4. The SMILES string of the molecule is C/C=C(/c1cccc(-c2ccc(C#N)cc2)c1)N(Cc1ccc(C(=O)NCCC(=O)O)cc1)N(C)CC1=CC(Cl)=CC(Cl)C1. The molecule has 0 spiro atoms. The summed E-state index contributed by atoms with van der Waals surface area (Å²) >= 11 is 12.8. The molecule has 1 amide bonds. The quantitative estimate of drug-likeness (QED) is 0.163. The first kappa shape index (κ1) is 32.6. The molecule has 44 heavy (non-hydrogen) atoms. The Balaban J connectivity index is 1.62. The third kappa shape index (κ3) is 8.84. The predicted octanol–water partition coefficient (Wildman–Crippen LogP) is 7.20. The lowest BCUT2D eigenvalue weighted by Gasteiger charge is -2.37. The summed E-state index contributed by atoms with van der Waals surface area (Å²) in [4.78, 5) is 23.3. The van der Waals surface area contributed by atoms with Gasteiger partial charge in [0, 0.05) is 30.7 Å². The number of carbonyl (C=O) groups excluding carboxylic acids is 1. The lowest BCUT2D eigenvalue weighted by atomic mass is 10.00. The van der Waals surface area contributed by atoms with Crippen molar-refractivity contribution in [1.82, 2.24) is 15.3 Å². The van der Waals surface area contributed by atoms with Gasteiger partial charge in [0.15, 0.2) is 0 Å². The van der Waals surface area contributed by atoms with Crippen LogP contribution in [0.2, 0.25) is 0 Å². The van der Waals surface area contributed by atoms with Crippen LogP contribution >= 0.6 is 23.2 Å². The number of amides is 1. The monoisotopic (exact) mass is 628 g/mol. The number of hydrazine groups is 1. The minimum atomic E-state index is -0.962. The van der Waals surface area contributed by atoms with Gasteiger partial charge in [0.05, 0.1) is 35.7 Å². The summed E-state index contributed by atoms with van der Waals surface area (Å²) in [6, 6.07) is 25.3. The third-order valence-corrected chi connectivity index (χ3v) is 7.73. The van der Waals surface area contributed by atoms with Crippen molar-refractivity contribution in [2.24, 2.45) is 0 Å². The molecule has 0 aliphatic heterocycles. The summed E-state index contributed by atoms with van der Waals surface area (Å²) in [6.45, 7) is 3.19. The zero-order valence-corrected chi connectivity index (χ0v) is 26.1. The molecule has 0 radical (unpaired) electrons. The third-order valence-electron chi connectivity index (χ3n) is 7.21. The zero-order valence-electron chi connectivity index (χ0n) is 24.6. The van der Waals surface area contributed by atoms with Gasteiger partial charge in [-0.2, -0.15) is 5.26 Å². The highest BCUT2D eigenvalue weighted by Gasteiger charge is 2.21. The molecule has 3 aromatic rings. The second-order valence-electron chi connectivity index (χ2n) is 10.5. The van der Waals surface area contributed by atoms with Crippen molar-refractivity contribution < 1.29 is 14.7 Å². The van der Waals surface area contributed by atoms with Crippen LogP contribution in [-0.4, -0.2) is 52.5 Å². The van der Waals surface area contributed by atoms with Gasteiger partial charge >= 0.3 is 5.97 Å². The molecule has 1 unspecified atom stereocenters. The van der Waals surface area contributed by atoms with Crippen molar-refractivity contribution in [3.8, 4) is 17.2 Å². The number of rotatable bonds is 12. The van der Waals surface area contributed by atoms with E-state index >= 15 is 0 Å². The minimum Gasteiger partial charge on any atom is -0.481 e. The summed E-state index contributed by atoms with van der Waals surface area (Å²) in [5.41, 5.74) is 7.21. The van der Waals surface area contributed by atoms with Gasteiger partial charge < -0.3 is 15.4 Å². The Morgan fingerprint density at radius 3 is 2.41 bits per heavy atom. The van der Waals surface area contributed by atoms with E-state index in [1.807, 2.05) is 74.7 Å². The Hall–Kier alpha value is -4.35. The molecule has 0 saturated carbocycles. The highest BCUT2D eigenvalue weighted by Crippen LogP contribution is 2.30. The molecule has 0 heterocycles. The maximum atomic E-state index is 12.5. The summed E-state index contributed by atoms with van der Waals surface area (Å²) < 4.78 is 0. The van der Waals surface area contributed by atoms with E-state index in [0.717, 1.165) is 33.5 Å². The average molecular weight is 630 g/mol. The molecule has 2 N–H and O–H groups in total. The van der Waals surface area contributed by atoms with Crippen LogP contribution in [0.1, 0.15) is 46.8 Å². The van der Waals surface area contributed by atoms with Crippen LogP contribution in [0.3, 0.4) is 0 Å². The number of nitriles is 1. The molecule has 0 saturated heterocycles. The predicted molar refractivity (Wildman–Crippen MR) is 176 cm³/mol. The second kappa shape index (κ2) is 15.4. The minimum absolute atomic E-state index is 0.0683. The van der Waals surface area contributed by atoms with E-state index in [9.17, 15) is 14.9 Å². The number of halogens is 2. The van der Waals surface area contributed by atoms with Crippen LogP contribution in [0.4, 0.5) is 0 Å². The molecule has 1 aliphatic carbocycles. The van der Waals surface area contributed by atoms with Crippen LogP contribution in [0.25, 0.3) is 16.8 Å². The highest BCUT2D eigenvalue weighted by molar-refractivity contribution is 6.32. The molecule has 4 rings (SSSR count). The van der Waals surface area contributed by atoms with Gasteiger partial charge in [-0.1, -0.05) is 65.7 Å². The summed E-state index contributed by atoms with van der Waals surface area (Å²) in [6.07, 6.45) is 6.45. The molecular formula is C35H34Cl2N4O3. The molecule has 1 aliphatic rings. The first-order chi connectivity index (χ1) is 21.2. The van der Waals surface area contributed by atoms with Crippen molar-refractivity contribution in [3.05, 3.63) is 124 Å². The largest absolute Gasteiger partial charge is 0.481 e. The Morgan fingerprint density at radius 2 is 1.77 bits per heavy atom. The van der Waals surface area contributed by atoms with Gasteiger partial charge in [0.2, 0.25) is 0 Å². The normalized spacial score (nSPS) is 14.8. The average Bonchev–Trinajstić information content (AvgIpc) is 3.00. The number of aliphatic carboxylic acids is 1. The number of nitrogens with zero attached hydrogens (tertiary/aromatic N) is 3. The Morgan fingerprint density at radius 1 is 1.05 bits per heavy atom. The lowest BCUT2D eigenvalue weighted by molar-refractivity contribution is -0.136. The number of carboxylic acids is 1. The molecular weight excluding hydrogens is 595 g/mol. The maximum absolute atomic E-state index is 12.5. The molecule has 0 fully saturated rings.